The summed E-state index contributed by atoms with van der Waals surface area (Å²) in [5, 5.41) is 0. The van der Waals surface area contributed by atoms with E-state index >= 15 is 0 Å². The first-order valence-corrected chi connectivity index (χ1v) is 6.69. The molecule has 0 aromatic heterocycles. The predicted octanol–water partition coefficient (Wildman–Crippen LogP) is 4.38. The van der Waals surface area contributed by atoms with E-state index in [9.17, 15) is 0 Å². The van der Waals surface area contributed by atoms with Crippen molar-refractivity contribution >= 4 is 11.6 Å². The van der Waals surface area contributed by atoms with Crippen molar-refractivity contribution in [2.75, 3.05) is 6.61 Å². The number of hydrogen-bond donors (Lipinski definition) is 0. The number of halogens is 1. The van der Waals surface area contributed by atoms with Crippen molar-refractivity contribution in [1.29, 1.82) is 0 Å². The van der Waals surface area contributed by atoms with Gasteiger partial charge >= 0.3 is 0 Å². The fourth-order valence-electron chi connectivity index (χ4n) is 2.29. The van der Waals surface area contributed by atoms with E-state index in [1.54, 1.807) is 0 Å². The van der Waals surface area contributed by atoms with Crippen molar-refractivity contribution in [1.82, 2.24) is 0 Å². The maximum atomic E-state index is 5.83. The number of rotatable bonds is 4. The Kier molecular flexibility index (Phi) is 4.53. The highest BCUT2D eigenvalue weighted by Gasteiger charge is 2.13. The zero-order chi connectivity index (χ0) is 11.2. The van der Waals surface area contributed by atoms with E-state index in [1.165, 1.54) is 32.1 Å². The molecule has 16 heavy (non-hydrogen) atoms. The minimum absolute atomic E-state index is 0.556. The lowest BCUT2D eigenvalue weighted by atomic mass is 9.90. The van der Waals surface area contributed by atoms with Crippen LogP contribution in [0.15, 0.2) is 24.3 Å². The number of hydrogen-bond acceptors (Lipinski definition) is 1. The summed E-state index contributed by atoms with van der Waals surface area (Å²) in [6.07, 6.45) is 6.80. The average Bonchev–Trinajstić information content (AvgIpc) is 2.38. The molecule has 0 heterocycles. The van der Waals surface area contributed by atoms with Crippen LogP contribution in [0.4, 0.5) is 0 Å². The van der Waals surface area contributed by atoms with E-state index in [0.717, 1.165) is 23.8 Å². The first-order chi connectivity index (χ1) is 7.88. The zero-order valence-electron chi connectivity index (χ0n) is 9.62. The molecule has 0 amide bonds. The summed E-state index contributed by atoms with van der Waals surface area (Å²) in [4.78, 5) is 0. The molecule has 0 bridgehead atoms. The van der Waals surface area contributed by atoms with Crippen LogP contribution in [0.2, 0.25) is 0 Å². The fourth-order valence-corrected chi connectivity index (χ4v) is 2.45. The van der Waals surface area contributed by atoms with E-state index < -0.39 is 0 Å². The van der Waals surface area contributed by atoms with Gasteiger partial charge in [0.15, 0.2) is 0 Å². The lowest BCUT2D eigenvalue weighted by Gasteiger charge is -2.21. The molecule has 1 saturated carbocycles. The van der Waals surface area contributed by atoms with Crippen molar-refractivity contribution in [2.24, 2.45) is 5.92 Å². The largest absolute Gasteiger partial charge is 0.493 e. The third kappa shape index (κ3) is 3.41. The summed E-state index contributed by atoms with van der Waals surface area (Å²) >= 11 is 5.79. The van der Waals surface area contributed by atoms with Crippen LogP contribution in [-0.4, -0.2) is 6.61 Å². The molecule has 88 valence electrons. The van der Waals surface area contributed by atoms with E-state index in [1.807, 2.05) is 24.3 Å². The maximum absolute atomic E-state index is 5.83. The Labute approximate surface area is 103 Å². The van der Waals surface area contributed by atoms with Crippen LogP contribution in [0.3, 0.4) is 0 Å². The Morgan fingerprint density at radius 3 is 2.75 bits per heavy atom. The molecule has 1 aromatic rings. The molecule has 1 fully saturated rings. The van der Waals surface area contributed by atoms with Gasteiger partial charge in [0.1, 0.15) is 5.75 Å². The molecule has 0 atom stereocenters. The molecule has 0 saturated heterocycles. The lowest BCUT2D eigenvalue weighted by Crippen LogP contribution is -2.15. The second-order valence-electron chi connectivity index (χ2n) is 4.60. The van der Waals surface area contributed by atoms with E-state index in [-0.39, 0.29) is 0 Å². The summed E-state index contributed by atoms with van der Waals surface area (Å²) in [5.41, 5.74) is 1.13. The smallest absolute Gasteiger partial charge is 0.119 e. The highest BCUT2D eigenvalue weighted by Crippen LogP contribution is 2.25. The molecule has 0 aliphatic heterocycles. The van der Waals surface area contributed by atoms with Gasteiger partial charge in [0.05, 0.1) is 6.61 Å². The van der Waals surface area contributed by atoms with Crippen LogP contribution in [-0.2, 0) is 5.88 Å². The Bertz CT molecular complexity index is 318. The summed E-state index contributed by atoms with van der Waals surface area (Å²) in [5.74, 6) is 2.28. The number of benzene rings is 1. The molecule has 2 heteroatoms. The Morgan fingerprint density at radius 1 is 1.19 bits per heavy atom. The molecule has 1 nitrogen and oxygen atoms in total. The maximum Gasteiger partial charge on any atom is 0.119 e. The molecule has 1 aliphatic rings. The summed E-state index contributed by atoms with van der Waals surface area (Å²) < 4.78 is 5.83. The second-order valence-corrected chi connectivity index (χ2v) is 4.86. The number of alkyl halides is 1. The molecular formula is C14H19ClO. The molecular weight excluding hydrogens is 220 g/mol. The van der Waals surface area contributed by atoms with Gasteiger partial charge in [-0.05, 0) is 36.5 Å². The van der Waals surface area contributed by atoms with Crippen LogP contribution < -0.4 is 4.74 Å². The van der Waals surface area contributed by atoms with Gasteiger partial charge in [0.25, 0.3) is 0 Å². The first kappa shape index (κ1) is 11.8. The predicted molar refractivity (Wildman–Crippen MR) is 68.1 cm³/mol. The quantitative estimate of drug-likeness (QED) is 0.708. The molecule has 1 aromatic carbocycles. The Hall–Kier alpha value is -0.690. The summed E-state index contributed by atoms with van der Waals surface area (Å²) in [7, 11) is 0. The van der Waals surface area contributed by atoms with Crippen molar-refractivity contribution in [3.8, 4) is 5.75 Å². The van der Waals surface area contributed by atoms with Gasteiger partial charge in [-0.3, -0.25) is 0 Å². The SMILES string of the molecule is ClCc1cccc(OCC2CCCCC2)c1. The van der Waals surface area contributed by atoms with E-state index in [2.05, 4.69) is 0 Å². The second kappa shape index (κ2) is 6.15. The van der Waals surface area contributed by atoms with Crippen molar-refractivity contribution < 1.29 is 4.74 Å². The molecule has 1 aliphatic carbocycles. The topological polar surface area (TPSA) is 9.23 Å². The van der Waals surface area contributed by atoms with Crippen LogP contribution in [0.1, 0.15) is 37.7 Å². The van der Waals surface area contributed by atoms with Gasteiger partial charge < -0.3 is 4.74 Å². The number of ether oxygens (including phenoxy) is 1. The third-order valence-corrected chi connectivity index (χ3v) is 3.57. The van der Waals surface area contributed by atoms with Crippen molar-refractivity contribution in [3.63, 3.8) is 0 Å². The Balaban J connectivity index is 1.83. The van der Waals surface area contributed by atoms with Gasteiger partial charge in [-0.15, -0.1) is 11.6 Å². The monoisotopic (exact) mass is 238 g/mol. The highest BCUT2D eigenvalue weighted by molar-refractivity contribution is 6.17. The molecule has 0 radical (unpaired) electrons. The van der Waals surface area contributed by atoms with Gasteiger partial charge in [0.2, 0.25) is 0 Å². The van der Waals surface area contributed by atoms with Gasteiger partial charge in [0, 0.05) is 5.88 Å². The fraction of sp³-hybridized carbons (Fsp3) is 0.571. The third-order valence-electron chi connectivity index (χ3n) is 3.26. The average molecular weight is 239 g/mol. The summed E-state index contributed by atoms with van der Waals surface area (Å²) in [6.45, 7) is 0.867. The Morgan fingerprint density at radius 2 is 2.00 bits per heavy atom. The van der Waals surface area contributed by atoms with Gasteiger partial charge in [-0.1, -0.05) is 31.4 Å². The van der Waals surface area contributed by atoms with Crippen molar-refractivity contribution in [2.45, 2.75) is 38.0 Å². The highest BCUT2D eigenvalue weighted by atomic mass is 35.5. The van der Waals surface area contributed by atoms with E-state index in [0.29, 0.717) is 5.88 Å². The normalized spacial score (nSPS) is 17.3. The van der Waals surface area contributed by atoms with Gasteiger partial charge in [-0.25, -0.2) is 0 Å². The zero-order valence-corrected chi connectivity index (χ0v) is 10.4. The molecule has 0 spiro atoms. The minimum atomic E-state index is 0.556. The summed E-state index contributed by atoms with van der Waals surface area (Å²) in [6, 6.07) is 8.09. The standard InChI is InChI=1S/C14H19ClO/c15-10-13-7-4-8-14(9-13)16-11-12-5-2-1-3-6-12/h4,7-9,12H,1-3,5-6,10-11H2. The van der Waals surface area contributed by atoms with Crippen LogP contribution >= 0.6 is 11.6 Å². The first-order valence-electron chi connectivity index (χ1n) is 6.16. The van der Waals surface area contributed by atoms with Crippen LogP contribution in [0.25, 0.3) is 0 Å². The van der Waals surface area contributed by atoms with Crippen LogP contribution in [0.5, 0.6) is 5.75 Å². The van der Waals surface area contributed by atoms with E-state index in [4.69, 9.17) is 16.3 Å². The molecule has 0 unspecified atom stereocenters. The molecule has 0 N–H and O–H groups in total. The van der Waals surface area contributed by atoms with Gasteiger partial charge in [-0.2, -0.15) is 0 Å². The molecule has 2 rings (SSSR count). The lowest BCUT2D eigenvalue weighted by molar-refractivity contribution is 0.209. The van der Waals surface area contributed by atoms with Crippen LogP contribution in [0, 0.1) is 5.92 Å². The van der Waals surface area contributed by atoms with Crippen molar-refractivity contribution in [3.05, 3.63) is 29.8 Å². The minimum Gasteiger partial charge on any atom is -0.493 e.